The fraction of sp³-hybridized carbons (Fsp3) is 0.545. The summed E-state index contributed by atoms with van der Waals surface area (Å²) in [6, 6.07) is 0. The van der Waals surface area contributed by atoms with Crippen molar-refractivity contribution in [3.05, 3.63) is 17.5 Å². The van der Waals surface area contributed by atoms with Gasteiger partial charge >= 0.3 is 18.1 Å². The third kappa shape index (κ3) is 2.75. The summed E-state index contributed by atoms with van der Waals surface area (Å²) < 4.78 is 37.2. The van der Waals surface area contributed by atoms with Crippen molar-refractivity contribution in [2.24, 2.45) is 0 Å². The molecule has 0 aliphatic carbocycles. The molecule has 2 rings (SSSR count). The van der Waals surface area contributed by atoms with E-state index in [0.29, 0.717) is 23.3 Å². The van der Waals surface area contributed by atoms with Crippen molar-refractivity contribution in [1.29, 1.82) is 0 Å². The lowest BCUT2D eigenvalue weighted by Crippen LogP contribution is -2.45. The molecule has 6 nitrogen and oxygen atoms in total. The molecule has 1 amide bonds. The van der Waals surface area contributed by atoms with Crippen LogP contribution in [-0.4, -0.2) is 51.3 Å². The van der Waals surface area contributed by atoms with E-state index in [1.54, 1.807) is 0 Å². The van der Waals surface area contributed by atoms with Crippen molar-refractivity contribution >= 4 is 11.9 Å². The predicted molar refractivity (Wildman–Crippen MR) is 60.2 cm³/mol. The average molecular weight is 291 g/mol. The van der Waals surface area contributed by atoms with Gasteiger partial charge in [-0.25, -0.2) is 4.79 Å². The highest BCUT2D eigenvalue weighted by atomic mass is 19.4. The van der Waals surface area contributed by atoms with Gasteiger partial charge in [0.05, 0.1) is 6.20 Å². The number of amides is 1. The smallest absolute Gasteiger partial charge is 0.471 e. The van der Waals surface area contributed by atoms with Gasteiger partial charge in [0.15, 0.2) is 0 Å². The molecular formula is C11H12F3N3O3. The number of hydrogen-bond donors (Lipinski definition) is 2. The predicted octanol–water partition coefficient (Wildman–Crippen LogP) is 1.38. The van der Waals surface area contributed by atoms with E-state index in [-0.39, 0.29) is 18.8 Å². The Labute approximate surface area is 111 Å². The van der Waals surface area contributed by atoms with Gasteiger partial charge in [-0.1, -0.05) is 0 Å². The number of carbonyl (C=O) groups excluding carboxylic acids is 1. The number of aromatic nitrogens is 2. The number of aromatic carboxylic acids is 1. The van der Waals surface area contributed by atoms with Crippen LogP contribution in [0.15, 0.2) is 6.20 Å². The maximum atomic E-state index is 12.4. The summed E-state index contributed by atoms with van der Waals surface area (Å²) in [6.45, 7) is -0.132. The molecule has 1 saturated heterocycles. The number of aromatic amines is 1. The summed E-state index contributed by atoms with van der Waals surface area (Å²) in [6.07, 6.45) is -2.72. The largest absolute Gasteiger partial charge is 0.477 e. The van der Waals surface area contributed by atoms with Crippen LogP contribution in [0.2, 0.25) is 0 Å². The van der Waals surface area contributed by atoms with Gasteiger partial charge in [-0.15, -0.1) is 0 Å². The van der Waals surface area contributed by atoms with E-state index < -0.39 is 24.0 Å². The Morgan fingerprint density at radius 3 is 2.75 bits per heavy atom. The second kappa shape index (κ2) is 5.14. The first-order valence-corrected chi connectivity index (χ1v) is 5.93. The van der Waals surface area contributed by atoms with Crippen LogP contribution >= 0.6 is 0 Å². The first-order chi connectivity index (χ1) is 9.30. The van der Waals surface area contributed by atoms with Gasteiger partial charge in [-0.3, -0.25) is 9.89 Å². The maximum absolute atomic E-state index is 12.4. The number of hydrogen-bond acceptors (Lipinski definition) is 3. The number of rotatable bonds is 2. The van der Waals surface area contributed by atoms with E-state index in [4.69, 9.17) is 5.11 Å². The number of likely N-dealkylation sites (tertiary alicyclic amines) is 1. The minimum absolute atomic E-state index is 0.0229. The average Bonchev–Trinajstić information content (AvgIpc) is 2.86. The van der Waals surface area contributed by atoms with Crippen LogP contribution in [0.1, 0.15) is 34.8 Å². The first kappa shape index (κ1) is 14.4. The lowest BCUT2D eigenvalue weighted by molar-refractivity contribution is -0.186. The lowest BCUT2D eigenvalue weighted by Gasteiger charge is -2.32. The zero-order valence-electron chi connectivity index (χ0n) is 10.3. The van der Waals surface area contributed by atoms with Gasteiger partial charge in [0.1, 0.15) is 5.69 Å². The van der Waals surface area contributed by atoms with E-state index >= 15 is 0 Å². The second-order valence-electron chi connectivity index (χ2n) is 4.59. The summed E-state index contributed by atoms with van der Waals surface area (Å²) in [4.78, 5) is 22.9. The van der Waals surface area contributed by atoms with Crippen molar-refractivity contribution in [2.45, 2.75) is 24.9 Å². The van der Waals surface area contributed by atoms with Gasteiger partial charge < -0.3 is 10.0 Å². The molecule has 9 heteroatoms. The highest BCUT2D eigenvalue weighted by molar-refractivity contribution is 5.87. The van der Waals surface area contributed by atoms with Crippen molar-refractivity contribution in [3.8, 4) is 0 Å². The molecule has 0 radical (unpaired) electrons. The number of H-pyrrole nitrogens is 1. The van der Waals surface area contributed by atoms with Crippen LogP contribution in [0.4, 0.5) is 13.2 Å². The molecule has 0 spiro atoms. The highest BCUT2D eigenvalue weighted by Gasteiger charge is 2.44. The van der Waals surface area contributed by atoms with Gasteiger partial charge in [-0.2, -0.15) is 18.3 Å². The van der Waals surface area contributed by atoms with Gasteiger partial charge in [0, 0.05) is 24.6 Å². The molecule has 2 heterocycles. The minimum atomic E-state index is -4.91. The summed E-state index contributed by atoms with van der Waals surface area (Å²) in [5.74, 6) is -3.57. The van der Waals surface area contributed by atoms with Crippen LogP contribution in [-0.2, 0) is 4.79 Å². The van der Waals surface area contributed by atoms with Crippen molar-refractivity contribution < 1.29 is 27.9 Å². The summed E-state index contributed by atoms with van der Waals surface area (Å²) in [5, 5.41) is 14.9. The van der Waals surface area contributed by atoms with Crippen LogP contribution in [0, 0.1) is 0 Å². The Kier molecular flexibility index (Phi) is 3.69. The van der Waals surface area contributed by atoms with E-state index in [0.717, 1.165) is 0 Å². The van der Waals surface area contributed by atoms with Crippen molar-refractivity contribution in [1.82, 2.24) is 15.1 Å². The third-order valence-electron chi connectivity index (χ3n) is 3.27. The SMILES string of the molecule is O=C(O)c1[nH]ncc1C1CCCN(C(=O)C(F)(F)F)C1. The van der Waals surface area contributed by atoms with Gasteiger partial charge in [-0.05, 0) is 12.8 Å². The van der Waals surface area contributed by atoms with Crippen molar-refractivity contribution in [2.75, 3.05) is 13.1 Å². The molecule has 110 valence electrons. The number of piperidine rings is 1. The molecule has 1 aliphatic heterocycles. The molecule has 1 atom stereocenters. The molecule has 0 aromatic carbocycles. The fourth-order valence-corrected chi connectivity index (χ4v) is 2.37. The Hall–Kier alpha value is -2.06. The first-order valence-electron chi connectivity index (χ1n) is 5.93. The number of carboxylic acid groups (broad SMARTS) is 1. The molecular weight excluding hydrogens is 279 g/mol. The molecule has 0 bridgehead atoms. The summed E-state index contributed by atoms with van der Waals surface area (Å²) >= 11 is 0. The molecule has 1 aromatic rings. The second-order valence-corrected chi connectivity index (χ2v) is 4.59. The molecule has 20 heavy (non-hydrogen) atoms. The number of nitrogens with zero attached hydrogens (tertiary/aromatic N) is 2. The Morgan fingerprint density at radius 2 is 2.15 bits per heavy atom. The molecule has 1 fully saturated rings. The van der Waals surface area contributed by atoms with E-state index in [9.17, 15) is 22.8 Å². The summed E-state index contributed by atoms with van der Waals surface area (Å²) in [7, 11) is 0. The minimum Gasteiger partial charge on any atom is -0.477 e. The van der Waals surface area contributed by atoms with Crippen LogP contribution in [0.5, 0.6) is 0 Å². The fourth-order valence-electron chi connectivity index (χ4n) is 2.37. The lowest BCUT2D eigenvalue weighted by atomic mass is 9.90. The van der Waals surface area contributed by atoms with Crippen molar-refractivity contribution in [3.63, 3.8) is 0 Å². The van der Waals surface area contributed by atoms with Crippen LogP contribution in [0.3, 0.4) is 0 Å². The van der Waals surface area contributed by atoms with E-state index in [1.165, 1.54) is 6.20 Å². The number of halogens is 3. The maximum Gasteiger partial charge on any atom is 0.471 e. The number of nitrogens with one attached hydrogen (secondary N) is 1. The van der Waals surface area contributed by atoms with E-state index in [2.05, 4.69) is 10.2 Å². The molecule has 1 unspecified atom stereocenters. The molecule has 0 saturated carbocycles. The van der Waals surface area contributed by atoms with Crippen LogP contribution in [0.25, 0.3) is 0 Å². The molecule has 2 N–H and O–H groups in total. The Morgan fingerprint density at radius 1 is 1.45 bits per heavy atom. The normalized spacial score (nSPS) is 19.9. The number of carboxylic acids is 1. The monoisotopic (exact) mass is 291 g/mol. The Balaban J connectivity index is 2.17. The molecule has 1 aliphatic rings. The van der Waals surface area contributed by atoms with Crippen LogP contribution < -0.4 is 0 Å². The highest BCUT2D eigenvalue weighted by Crippen LogP contribution is 2.30. The number of carbonyl (C=O) groups is 2. The quantitative estimate of drug-likeness (QED) is 0.861. The van der Waals surface area contributed by atoms with Gasteiger partial charge in [0.2, 0.25) is 0 Å². The van der Waals surface area contributed by atoms with Gasteiger partial charge in [0.25, 0.3) is 0 Å². The molecule has 1 aromatic heterocycles. The standard InChI is InChI=1S/C11H12F3N3O3/c12-11(13,14)10(20)17-3-1-2-6(5-17)7-4-15-16-8(7)9(18)19/h4,6H,1-3,5H2,(H,15,16)(H,18,19). The van der Waals surface area contributed by atoms with E-state index in [1.807, 2.05) is 0 Å². The third-order valence-corrected chi connectivity index (χ3v) is 3.27. The summed E-state index contributed by atoms with van der Waals surface area (Å²) in [5.41, 5.74) is 0.188. The Bertz CT molecular complexity index is 526. The topological polar surface area (TPSA) is 86.3 Å². The zero-order valence-corrected chi connectivity index (χ0v) is 10.3. The zero-order chi connectivity index (χ0) is 14.9. The number of alkyl halides is 3.